The Bertz CT molecular complexity index is 427. The molecule has 0 bridgehead atoms. The van der Waals surface area contributed by atoms with Gasteiger partial charge in [0.2, 0.25) is 0 Å². The Morgan fingerprint density at radius 2 is 1.94 bits per heavy atom. The quantitative estimate of drug-likeness (QED) is 0.439. The first-order valence-corrected chi connectivity index (χ1v) is 5.04. The summed E-state index contributed by atoms with van der Waals surface area (Å²) < 4.78 is 4.69. The largest absolute Gasteiger partial charge is 0.417 e. The molecule has 0 aromatic heterocycles. The Labute approximate surface area is 92.8 Å². The highest BCUT2D eigenvalue weighted by Gasteiger charge is 2.24. The highest BCUT2D eigenvalue weighted by Crippen LogP contribution is 2.14. The van der Waals surface area contributed by atoms with Gasteiger partial charge in [-0.3, -0.25) is 0 Å². The van der Waals surface area contributed by atoms with Crippen LogP contribution in [0.5, 0.6) is 0 Å². The van der Waals surface area contributed by atoms with Crippen LogP contribution in [0.3, 0.4) is 0 Å². The van der Waals surface area contributed by atoms with Gasteiger partial charge in [0.15, 0.2) is 0 Å². The van der Waals surface area contributed by atoms with E-state index in [2.05, 4.69) is 4.74 Å². The zero-order valence-electron chi connectivity index (χ0n) is 8.68. The smallest absolute Gasteiger partial charge is 0.398 e. The van der Waals surface area contributed by atoms with E-state index in [4.69, 9.17) is 5.73 Å². The molecular weight excluding hydrogens is 208 g/mol. The minimum absolute atomic E-state index is 0.219. The van der Waals surface area contributed by atoms with E-state index in [0.717, 1.165) is 6.42 Å². The van der Waals surface area contributed by atoms with Gasteiger partial charge in [0.1, 0.15) is 0 Å². The summed E-state index contributed by atoms with van der Waals surface area (Å²) in [5.41, 5.74) is 6.12. The molecule has 0 aliphatic carbocycles. The van der Waals surface area contributed by atoms with E-state index >= 15 is 0 Å². The molecule has 1 aromatic carbocycles. The molecule has 0 radical (unpaired) electrons. The van der Waals surface area contributed by atoms with E-state index in [1.165, 1.54) is 11.0 Å². The fourth-order valence-corrected chi connectivity index (χ4v) is 1.38. The summed E-state index contributed by atoms with van der Waals surface area (Å²) in [6.07, 6.45) is 0.357. The second-order valence-electron chi connectivity index (χ2n) is 3.58. The molecule has 1 aliphatic rings. The van der Waals surface area contributed by atoms with Crippen molar-refractivity contribution in [2.75, 3.05) is 18.8 Å². The van der Waals surface area contributed by atoms with Crippen molar-refractivity contribution in [2.24, 2.45) is 0 Å². The second kappa shape index (κ2) is 4.22. The third-order valence-electron chi connectivity index (χ3n) is 2.47. The number of carbonyl (C=O) groups is 2. The topological polar surface area (TPSA) is 72.6 Å². The number of likely N-dealkylation sites (tertiary alicyclic amines) is 1. The Balaban J connectivity index is 2.02. The summed E-state index contributed by atoms with van der Waals surface area (Å²) in [4.78, 5) is 24.4. The average Bonchev–Trinajstić information content (AvgIpc) is 2.15. The summed E-state index contributed by atoms with van der Waals surface area (Å²) >= 11 is 0. The number of ether oxygens (including phenoxy) is 1. The van der Waals surface area contributed by atoms with E-state index in [-0.39, 0.29) is 5.56 Å². The van der Waals surface area contributed by atoms with Crippen molar-refractivity contribution in [3.8, 4) is 0 Å². The van der Waals surface area contributed by atoms with Crippen LogP contribution in [-0.2, 0) is 4.74 Å². The first-order chi connectivity index (χ1) is 7.68. The zero-order valence-corrected chi connectivity index (χ0v) is 8.68. The van der Waals surface area contributed by atoms with E-state index in [9.17, 15) is 9.59 Å². The normalized spacial score (nSPS) is 14.1. The number of amides is 1. The number of nitrogens with zero attached hydrogens (tertiary/aromatic N) is 1. The lowest BCUT2D eigenvalue weighted by Gasteiger charge is -2.29. The average molecular weight is 220 g/mol. The van der Waals surface area contributed by atoms with Crippen molar-refractivity contribution in [1.29, 1.82) is 0 Å². The number of rotatable bonds is 1. The van der Waals surface area contributed by atoms with E-state index in [1.807, 2.05) is 0 Å². The fourth-order valence-electron chi connectivity index (χ4n) is 1.38. The van der Waals surface area contributed by atoms with E-state index in [0.29, 0.717) is 18.8 Å². The number of esters is 1. The molecule has 0 unspecified atom stereocenters. The second-order valence-corrected chi connectivity index (χ2v) is 3.58. The van der Waals surface area contributed by atoms with Crippen LogP contribution in [0.2, 0.25) is 0 Å². The molecule has 5 nitrogen and oxygen atoms in total. The summed E-state index contributed by atoms with van der Waals surface area (Å²) in [6.45, 7) is 1.30. The van der Waals surface area contributed by atoms with Gasteiger partial charge in [-0.05, 0) is 18.6 Å². The van der Waals surface area contributed by atoms with Crippen LogP contribution in [0.25, 0.3) is 0 Å². The van der Waals surface area contributed by atoms with Crippen LogP contribution < -0.4 is 5.73 Å². The van der Waals surface area contributed by atoms with Gasteiger partial charge >= 0.3 is 12.1 Å². The molecule has 1 saturated heterocycles. The molecule has 1 aromatic rings. The van der Waals surface area contributed by atoms with Crippen LogP contribution in [0.4, 0.5) is 10.5 Å². The predicted octanol–water partition coefficient (Wildman–Crippen LogP) is 1.25. The molecule has 1 heterocycles. The van der Waals surface area contributed by atoms with Gasteiger partial charge in [-0.15, -0.1) is 0 Å². The molecule has 16 heavy (non-hydrogen) atoms. The number of para-hydroxylation sites is 1. The highest BCUT2D eigenvalue weighted by molar-refractivity contribution is 6.00. The number of nitrogens with two attached hydrogens (primary N) is 1. The summed E-state index contributed by atoms with van der Waals surface area (Å²) in [6, 6.07) is 6.50. The molecule has 1 aliphatic heterocycles. The van der Waals surface area contributed by atoms with Crippen LogP contribution in [0.1, 0.15) is 16.8 Å². The number of hydrogen-bond donors (Lipinski definition) is 1. The van der Waals surface area contributed by atoms with E-state index < -0.39 is 12.1 Å². The Hall–Kier alpha value is -2.04. The Kier molecular flexibility index (Phi) is 2.76. The zero-order chi connectivity index (χ0) is 11.5. The molecule has 0 saturated carbocycles. The minimum Gasteiger partial charge on any atom is -0.398 e. The maximum Gasteiger partial charge on any atom is 0.417 e. The molecule has 2 N–H and O–H groups in total. The van der Waals surface area contributed by atoms with Gasteiger partial charge < -0.3 is 15.4 Å². The third kappa shape index (κ3) is 1.98. The van der Waals surface area contributed by atoms with Gasteiger partial charge in [0.05, 0.1) is 5.56 Å². The van der Waals surface area contributed by atoms with Gasteiger partial charge in [-0.1, -0.05) is 12.1 Å². The maximum atomic E-state index is 11.6. The van der Waals surface area contributed by atoms with Crippen molar-refractivity contribution in [3.05, 3.63) is 29.8 Å². The standard InChI is InChI=1S/C11H12N2O3/c12-9-5-2-1-4-8(9)10(14)16-11(15)13-6-3-7-13/h1-2,4-5H,3,6-7,12H2. The van der Waals surface area contributed by atoms with Crippen LogP contribution >= 0.6 is 0 Å². The monoisotopic (exact) mass is 220 g/mol. The van der Waals surface area contributed by atoms with Gasteiger partial charge in [0.25, 0.3) is 0 Å². The lowest BCUT2D eigenvalue weighted by molar-refractivity contribution is 0.0489. The molecular formula is C11H12N2O3. The van der Waals surface area contributed by atoms with Crippen molar-refractivity contribution >= 4 is 17.7 Å². The first kappa shape index (κ1) is 10.5. The summed E-state index contributed by atoms with van der Waals surface area (Å²) in [7, 11) is 0. The third-order valence-corrected chi connectivity index (χ3v) is 2.47. The highest BCUT2D eigenvalue weighted by atomic mass is 16.6. The van der Waals surface area contributed by atoms with Crippen LogP contribution in [-0.4, -0.2) is 30.1 Å². The molecule has 1 amide bonds. The number of nitrogen functional groups attached to an aromatic ring is 1. The Morgan fingerprint density at radius 3 is 2.50 bits per heavy atom. The van der Waals surface area contributed by atoms with Crippen molar-refractivity contribution in [2.45, 2.75) is 6.42 Å². The fraction of sp³-hybridized carbons (Fsp3) is 0.273. The molecule has 2 rings (SSSR count). The van der Waals surface area contributed by atoms with Crippen LogP contribution in [0, 0.1) is 0 Å². The molecule has 1 fully saturated rings. The van der Waals surface area contributed by atoms with Crippen LogP contribution in [0.15, 0.2) is 24.3 Å². The van der Waals surface area contributed by atoms with Crippen molar-refractivity contribution < 1.29 is 14.3 Å². The number of benzene rings is 1. The number of anilines is 1. The van der Waals surface area contributed by atoms with Gasteiger partial charge in [0, 0.05) is 18.8 Å². The number of carbonyl (C=O) groups excluding carboxylic acids is 2. The summed E-state index contributed by atoms with van der Waals surface area (Å²) in [5, 5.41) is 0. The number of hydrogen-bond acceptors (Lipinski definition) is 4. The Morgan fingerprint density at radius 1 is 1.25 bits per heavy atom. The van der Waals surface area contributed by atoms with Gasteiger partial charge in [-0.25, -0.2) is 9.59 Å². The molecule has 0 spiro atoms. The first-order valence-electron chi connectivity index (χ1n) is 5.04. The lowest BCUT2D eigenvalue weighted by atomic mass is 10.2. The van der Waals surface area contributed by atoms with Gasteiger partial charge in [-0.2, -0.15) is 0 Å². The van der Waals surface area contributed by atoms with Crippen molar-refractivity contribution in [3.63, 3.8) is 0 Å². The van der Waals surface area contributed by atoms with E-state index in [1.54, 1.807) is 18.2 Å². The SMILES string of the molecule is Nc1ccccc1C(=O)OC(=O)N1CCC1. The molecule has 0 atom stereocenters. The molecule has 84 valence electrons. The predicted molar refractivity (Wildman–Crippen MR) is 57.9 cm³/mol. The molecule has 5 heteroatoms. The lowest BCUT2D eigenvalue weighted by Crippen LogP contribution is -2.43. The maximum absolute atomic E-state index is 11.6. The summed E-state index contributed by atoms with van der Waals surface area (Å²) in [5.74, 6) is -0.699. The minimum atomic E-state index is -0.699. The van der Waals surface area contributed by atoms with Crippen molar-refractivity contribution in [1.82, 2.24) is 4.90 Å².